The Bertz CT molecular complexity index is 505. The molecule has 0 radical (unpaired) electrons. The molecule has 1 atom stereocenters. The van der Waals surface area contributed by atoms with Crippen LogP contribution in [0.4, 0.5) is 0 Å². The molecule has 1 N–H and O–H groups in total. The molecule has 122 valence electrons. The van der Waals surface area contributed by atoms with Crippen LogP contribution in [0.25, 0.3) is 0 Å². The minimum atomic E-state index is 0.504. The van der Waals surface area contributed by atoms with Crippen molar-refractivity contribution in [1.82, 2.24) is 15.1 Å². The molecule has 22 heavy (non-hydrogen) atoms. The summed E-state index contributed by atoms with van der Waals surface area (Å²) in [5.41, 5.74) is 1.53. The van der Waals surface area contributed by atoms with Crippen LogP contribution in [0.1, 0.15) is 37.1 Å². The number of fused-ring (bicyclic) bond motifs is 1. The van der Waals surface area contributed by atoms with Crippen LogP contribution in [0, 0.1) is 0 Å². The van der Waals surface area contributed by atoms with Crippen molar-refractivity contribution in [3.8, 4) is 0 Å². The Morgan fingerprint density at radius 3 is 2.95 bits per heavy atom. The molecule has 3 rings (SSSR count). The molecule has 0 spiro atoms. The molecule has 4 nitrogen and oxygen atoms in total. The zero-order chi connectivity index (χ0) is 15.4. The maximum absolute atomic E-state index is 4.91. The average Bonchev–Trinajstić information content (AvgIpc) is 3.21. The topological polar surface area (TPSA) is 30.9 Å². The summed E-state index contributed by atoms with van der Waals surface area (Å²) in [6, 6.07) is 2.79. The molecular weight excluding hydrogens is 292 g/mol. The Hall–Kier alpha value is -1.07. The molecule has 1 unspecified atom stereocenters. The molecule has 3 heterocycles. The first kappa shape index (κ1) is 15.8. The Morgan fingerprint density at radius 1 is 1.36 bits per heavy atom. The third-order valence-corrected chi connectivity index (χ3v) is 5.73. The summed E-state index contributed by atoms with van der Waals surface area (Å²) < 4.78 is 0. The zero-order valence-electron chi connectivity index (χ0n) is 13.8. The number of nitrogens with one attached hydrogen (secondary N) is 1. The molecule has 5 heteroatoms. The maximum atomic E-state index is 4.91. The highest BCUT2D eigenvalue weighted by atomic mass is 32.1. The SMILES string of the molecule is CCNC(=NCC(C)N1CCc2sccc2C1)N1CCCC1. The number of rotatable bonds is 4. The maximum Gasteiger partial charge on any atom is 0.193 e. The van der Waals surface area contributed by atoms with Crippen molar-refractivity contribution in [2.45, 2.75) is 45.7 Å². The summed E-state index contributed by atoms with van der Waals surface area (Å²) in [6.45, 7) is 10.9. The van der Waals surface area contributed by atoms with Gasteiger partial charge in [0.25, 0.3) is 0 Å². The van der Waals surface area contributed by atoms with Gasteiger partial charge in [0.15, 0.2) is 5.96 Å². The van der Waals surface area contributed by atoms with E-state index < -0.39 is 0 Å². The normalized spacial score (nSPS) is 21.0. The Kier molecular flexibility index (Phi) is 5.37. The van der Waals surface area contributed by atoms with E-state index in [2.05, 4.69) is 40.4 Å². The zero-order valence-corrected chi connectivity index (χ0v) is 14.7. The largest absolute Gasteiger partial charge is 0.357 e. The smallest absolute Gasteiger partial charge is 0.193 e. The van der Waals surface area contributed by atoms with Gasteiger partial charge in [-0.3, -0.25) is 9.89 Å². The summed E-state index contributed by atoms with van der Waals surface area (Å²) in [5, 5.41) is 5.68. The highest BCUT2D eigenvalue weighted by molar-refractivity contribution is 7.10. The molecule has 2 aliphatic heterocycles. The molecule has 0 aliphatic carbocycles. The second kappa shape index (κ2) is 7.47. The van der Waals surface area contributed by atoms with E-state index in [-0.39, 0.29) is 0 Å². The lowest BCUT2D eigenvalue weighted by atomic mass is 10.1. The van der Waals surface area contributed by atoms with E-state index in [4.69, 9.17) is 4.99 Å². The van der Waals surface area contributed by atoms with E-state index in [0.29, 0.717) is 6.04 Å². The van der Waals surface area contributed by atoms with E-state index in [1.165, 1.54) is 31.4 Å². The third kappa shape index (κ3) is 3.63. The van der Waals surface area contributed by atoms with Crippen LogP contribution in [0.5, 0.6) is 0 Å². The van der Waals surface area contributed by atoms with E-state index in [1.54, 1.807) is 4.88 Å². The lowest BCUT2D eigenvalue weighted by molar-refractivity contribution is 0.196. The van der Waals surface area contributed by atoms with Crippen LogP contribution in [0.3, 0.4) is 0 Å². The van der Waals surface area contributed by atoms with Crippen LogP contribution < -0.4 is 5.32 Å². The molecule has 1 saturated heterocycles. The molecule has 2 aliphatic rings. The second-order valence-corrected chi connectivity index (χ2v) is 7.33. The van der Waals surface area contributed by atoms with Crippen molar-refractivity contribution in [3.05, 3.63) is 21.9 Å². The van der Waals surface area contributed by atoms with Crippen LogP contribution in [0.15, 0.2) is 16.4 Å². The molecule has 0 bridgehead atoms. The molecular formula is C17H28N4S. The molecule has 1 fully saturated rings. The van der Waals surface area contributed by atoms with Crippen LogP contribution in [0.2, 0.25) is 0 Å². The predicted octanol–water partition coefficient (Wildman–Crippen LogP) is 2.56. The van der Waals surface area contributed by atoms with Gasteiger partial charge in [0, 0.05) is 43.6 Å². The average molecular weight is 321 g/mol. The van der Waals surface area contributed by atoms with Crippen LogP contribution in [-0.4, -0.2) is 54.5 Å². The lowest BCUT2D eigenvalue weighted by Gasteiger charge is -2.32. The summed E-state index contributed by atoms with van der Waals surface area (Å²) >= 11 is 1.91. The number of guanidine groups is 1. The lowest BCUT2D eigenvalue weighted by Crippen LogP contribution is -2.42. The Balaban J connectivity index is 1.58. The van der Waals surface area contributed by atoms with E-state index in [0.717, 1.165) is 38.7 Å². The number of nitrogens with zero attached hydrogens (tertiary/aromatic N) is 3. The van der Waals surface area contributed by atoms with Crippen LogP contribution >= 0.6 is 11.3 Å². The monoisotopic (exact) mass is 320 g/mol. The highest BCUT2D eigenvalue weighted by Crippen LogP contribution is 2.25. The van der Waals surface area contributed by atoms with Gasteiger partial charge >= 0.3 is 0 Å². The first-order valence-corrected chi connectivity index (χ1v) is 9.48. The Labute approximate surface area is 138 Å². The summed E-state index contributed by atoms with van der Waals surface area (Å²) in [6.07, 6.45) is 3.80. The van der Waals surface area contributed by atoms with Crippen LogP contribution in [-0.2, 0) is 13.0 Å². The number of aliphatic imine (C=N–C) groups is 1. The molecule has 0 saturated carbocycles. The number of hydrogen-bond acceptors (Lipinski definition) is 3. The number of thiophene rings is 1. The minimum Gasteiger partial charge on any atom is -0.357 e. The van der Waals surface area contributed by atoms with Gasteiger partial charge in [0.05, 0.1) is 6.54 Å². The fourth-order valence-corrected chi connectivity index (χ4v) is 4.22. The van der Waals surface area contributed by atoms with Gasteiger partial charge in [-0.2, -0.15) is 0 Å². The van der Waals surface area contributed by atoms with Gasteiger partial charge in [0.2, 0.25) is 0 Å². The quantitative estimate of drug-likeness (QED) is 0.683. The van der Waals surface area contributed by atoms with Crippen molar-refractivity contribution in [1.29, 1.82) is 0 Å². The fourth-order valence-electron chi connectivity index (χ4n) is 3.34. The van der Waals surface area contributed by atoms with Crippen molar-refractivity contribution >= 4 is 17.3 Å². The van der Waals surface area contributed by atoms with Crippen molar-refractivity contribution < 1.29 is 0 Å². The molecule has 1 aromatic rings. The first-order chi connectivity index (χ1) is 10.8. The molecule has 0 amide bonds. The van der Waals surface area contributed by atoms with Crippen molar-refractivity contribution in [3.63, 3.8) is 0 Å². The van der Waals surface area contributed by atoms with E-state index in [9.17, 15) is 0 Å². The van der Waals surface area contributed by atoms with E-state index >= 15 is 0 Å². The van der Waals surface area contributed by atoms with Gasteiger partial charge in [-0.1, -0.05) is 0 Å². The fraction of sp³-hybridized carbons (Fsp3) is 0.706. The summed E-state index contributed by atoms with van der Waals surface area (Å²) in [4.78, 5) is 11.5. The summed E-state index contributed by atoms with van der Waals surface area (Å²) in [5.74, 6) is 1.11. The van der Waals surface area contributed by atoms with Crippen molar-refractivity contribution in [2.75, 3.05) is 32.7 Å². The third-order valence-electron chi connectivity index (χ3n) is 4.71. The van der Waals surface area contributed by atoms with Gasteiger partial charge in [0.1, 0.15) is 0 Å². The Morgan fingerprint density at radius 2 is 2.18 bits per heavy atom. The number of likely N-dealkylation sites (tertiary alicyclic amines) is 1. The van der Waals surface area contributed by atoms with Gasteiger partial charge in [-0.05, 0) is 50.1 Å². The van der Waals surface area contributed by atoms with Gasteiger partial charge in [-0.15, -0.1) is 11.3 Å². The molecule has 0 aromatic carbocycles. The second-order valence-electron chi connectivity index (χ2n) is 6.33. The summed E-state index contributed by atoms with van der Waals surface area (Å²) in [7, 11) is 0. The van der Waals surface area contributed by atoms with Gasteiger partial charge in [-0.25, -0.2) is 0 Å². The van der Waals surface area contributed by atoms with Crippen molar-refractivity contribution in [2.24, 2.45) is 4.99 Å². The molecule has 1 aromatic heterocycles. The minimum absolute atomic E-state index is 0.504. The first-order valence-electron chi connectivity index (χ1n) is 8.60. The standard InChI is InChI=1S/C17H28N4S/c1-3-18-17(20-8-4-5-9-20)19-12-14(2)21-10-6-16-15(13-21)7-11-22-16/h7,11,14H,3-6,8-10,12-13H2,1-2H3,(H,18,19). The predicted molar refractivity (Wildman–Crippen MR) is 94.7 cm³/mol. The van der Waals surface area contributed by atoms with E-state index in [1.807, 2.05) is 11.3 Å². The highest BCUT2D eigenvalue weighted by Gasteiger charge is 2.22. The van der Waals surface area contributed by atoms with Gasteiger partial charge < -0.3 is 10.2 Å². The number of hydrogen-bond donors (Lipinski definition) is 1.